The van der Waals surface area contributed by atoms with Crippen LogP contribution in [0.5, 0.6) is 5.75 Å². The Bertz CT molecular complexity index is 456. The van der Waals surface area contributed by atoms with Crippen LogP contribution in [0.3, 0.4) is 0 Å². The molecule has 102 valence electrons. The number of ether oxygens (including phenoxy) is 1. The third-order valence-electron chi connectivity index (χ3n) is 4.21. The van der Waals surface area contributed by atoms with Gasteiger partial charge in [-0.2, -0.15) is 0 Å². The van der Waals surface area contributed by atoms with E-state index in [-0.39, 0.29) is 0 Å². The molecule has 2 atom stereocenters. The zero-order chi connectivity index (χ0) is 13.2. The molecule has 2 unspecified atom stereocenters. The number of rotatable bonds is 3. The first-order valence-corrected chi connectivity index (χ1v) is 7.31. The van der Waals surface area contributed by atoms with Crippen LogP contribution in [-0.2, 0) is 4.79 Å². The number of nitrogens with zero attached hydrogens (tertiary/aromatic N) is 1. The number of carbonyl (C=O) groups is 1. The van der Waals surface area contributed by atoms with Crippen molar-refractivity contribution in [2.75, 3.05) is 11.5 Å². The first-order valence-electron chi connectivity index (χ1n) is 7.31. The van der Waals surface area contributed by atoms with Crippen LogP contribution in [0.25, 0.3) is 0 Å². The topological polar surface area (TPSA) is 29.5 Å². The summed E-state index contributed by atoms with van der Waals surface area (Å²) in [5, 5.41) is 0. The highest BCUT2D eigenvalue weighted by molar-refractivity contribution is 5.82. The van der Waals surface area contributed by atoms with Gasteiger partial charge in [-0.25, -0.2) is 0 Å². The molecule has 0 amide bonds. The minimum Gasteiger partial charge on any atom is -0.494 e. The van der Waals surface area contributed by atoms with E-state index < -0.39 is 0 Å². The normalized spacial score (nSPS) is 26.4. The lowest BCUT2D eigenvalue weighted by Gasteiger charge is -2.47. The van der Waals surface area contributed by atoms with Gasteiger partial charge in [0.2, 0.25) is 0 Å². The van der Waals surface area contributed by atoms with Gasteiger partial charge in [0, 0.05) is 36.7 Å². The molecule has 0 aliphatic carbocycles. The first-order chi connectivity index (χ1) is 9.28. The highest BCUT2D eigenvalue weighted by Crippen LogP contribution is 2.37. The smallest absolute Gasteiger partial charge is 0.137 e. The molecule has 3 heteroatoms. The maximum absolute atomic E-state index is 11.8. The summed E-state index contributed by atoms with van der Waals surface area (Å²) < 4.78 is 5.59. The van der Waals surface area contributed by atoms with Crippen LogP contribution in [0.15, 0.2) is 24.3 Å². The number of fused-ring (bicyclic) bond motifs is 2. The summed E-state index contributed by atoms with van der Waals surface area (Å²) in [4.78, 5) is 14.2. The van der Waals surface area contributed by atoms with E-state index in [0.717, 1.165) is 31.4 Å². The predicted octanol–water partition coefficient (Wildman–Crippen LogP) is 3.18. The van der Waals surface area contributed by atoms with Gasteiger partial charge < -0.3 is 9.64 Å². The summed E-state index contributed by atoms with van der Waals surface area (Å²) in [7, 11) is 0. The lowest BCUT2D eigenvalue weighted by molar-refractivity contribution is -0.121. The number of hydrogen-bond acceptors (Lipinski definition) is 3. The second-order valence-corrected chi connectivity index (χ2v) is 5.52. The molecule has 0 N–H and O–H groups in total. The fourth-order valence-corrected chi connectivity index (χ4v) is 3.50. The van der Waals surface area contributed by atoms with Crippen LogP contribution in [0.4, 0.5) is 5.69 Å². The van der Waals surface area contributed by atoms with Crippen molar-refractivity contribution in [2.24, 2.45) is 0 Å². The van der Waals surface area contributed by atoms with E-state index in [9.17, 15) is 4.79 Å². The molecule has 2 aliphatic rings. The molecule has 0 spiro atoms. The lowest BCUT2D eigenvalue weighted by Crippen LogP contribution is -2.52. The Balaban J connectivity index is 1.88. The lowest BCUT2D eigenvalue weighted by atomic mass is 9.83. The van der Waals surface area contributed by atoms with Crippen LogP contribution in [-0.4, -0.2) is 24.5 Å². The van der Waals surface area contributed by atoms with Crippen molar-refractivity contribution in [3.05, 3.63) is 24.3 Å². The van der Waals surface area contributed by atoms with E-state index in [0.29, 0.717) is 24.5 Å². The number of anilines is 1. The average molecular weight is 259 g/mol. The summed E-state index contributed by atoms with van der Waals surface area (Å²) in [5.74, 6) is 1.36. The van der Waals surface area contributed by atoms with Gasteiger partial charge in [-0.15, -0.1) is 0 Å². The fraction of sp³-hybridized carbons (Fsp3) is 0.562. The SMILES string of the molecule is CCOc1cccc(N2C3CCCC2CC(=O)C3)c1. The number of hydrogen-bond donors (Lipinski definition) is 0. The van der Waals surface area contributed by atoms with Crippen LogP contribution in [0, 0.1) is 0 Å². The third-order valence-corrected chi connectivity index (χ3v) is 4.21. The number of carbonyl (C=O) groups excluding carboxylic acids is 1. The molecule has 0 aromatic heterocycles. The Morgan fingerprint density at radius 1 is 1.26 bits per heavy atom. The van der Waals surface area contributed by atoms with Crippen molar-refractivity contribution in [3.8, 4) is 5.75 Å². The predicted molar refractivity (Wildman–Crippen MR) is 75.8 cm³/mol. The molecule has 1 aromatic carbocycles. The monoisotopic (exact) mass is 259 g/mol. The fourth-order valence-electron chi connectivity index (χ4n) is 3.50. The van der Waals surface area contributed by atoms with Crippen molar-refractivity contribution in [2.45, 2.75) is 51.1 Å². The van der Waals surface area contributed by atoms with E-state index in [2.05, 4.69) is 17.0 Å². The van der Waals surface area contributed by atoms with Crippen molar-refractivity contribution in [1.82, 2.24) is 0 Å². The van der Waals surface area contributed by atoms with Crippen molar-refractivity contribution in [3.63, 3.8) is 0 Å². The standard InChI is InChI=1S/C16H21NO2/c1-2-19-16-8-4-7-14(11-16)17-12-5-3-6-13(17)10-15(18)9-12/h4,7-8,11-13H,2-3,5-6,9-10H2,1H3. The number of Topliss-reactive ketones (excluding diaryl/α,β-unsaturated/α-hetero) is 1. The Kier molecular flexibility index (Phi) is 3.45. The van der Waals surface area contributed by atoms with Gasteiger partial charge >= 0.3 is 0 Å². The molecule has 3 rings (SSSR count). The zero-order valence-electron chi connectivity index (χ0n) is 11.5. The molecule has 2 heterocycles. The van der Waals surface area contributed by atoms with Gasteiger partial charge in [0.25, 0.3) is 0 Å². The largest absolute Gasteiger partial charge is 0.494 e. The maximum atomic E-state index is 11.8. The van der Waals surface area contributed by atoms with Gasteiger partial charge in [-0.1, -0.05) is 6.07 Å². The van der Waals surface area contributed by atoms with E-state index in [1.165, 1.54) is 12.1 Å². The van der Waals surface area contributed by atoms with Gasteiger partial charge in [-0.3, -0.25) is 4.79 Å². The van der Waals surface area contributed by atoms with Crippen LogP contribution in [0.1, 0.15) is 39.0 Å². The summed E-state index contributed by atoms with van der Waals surface area (Å²) >= 11 is 0. The Hall–Kier alpha value is -1.51. The van der Waals surface area contributed by atoms with Crippen LogP contribution < -0.4 is 9.64 Å². The summed E-state index contributed by atoms with van der Waals surface area (Å²) in [6.45, 7) is 2.69. The molecule has 1 aromatic rings. The van der Waals surface area contributed by atoms with Gasteiger partial charge in [0.05, 0.1) is 6.61 Å². The minimum atomic E-state index is 0.400. The van der Waals surface area contributed by atoms with Crippen molar-refractivity contribution in [1.29, 1.82) is 0 Å². The molecule has 2 saturated heterocycles. The van der Waals surface area contributed by atoms with Crippen LogP contribution >= 0.6 is 0 Å². The molecule has 2 fully saturated rings. The molecular formula is C16H21NO2. The Morgan fingerprint density at radius 2 is 2.00 bits per heavy atom. The molecule has 0 saturated carbocycles. The van der Waals surface area contributed by atoms with E-state index in [1.807, 2.05) is 19.1 Å². The number of ketones is 1. The van der Waals surface area contributed by atoms with Crippen LogP contribution in [0.2, 0.25) is 0 Å². The maximum Gasteiger partial charge on any atom is 0.137 e. The Labute approximate surface area is 114 Å². The second kappa shape index (κ2) is 5.24. The summed E-state index contributed by atoms with van der Waals surface area (Å²) in [6.07, 6.45) is 4.97. The van der Waals surface area contributed by atoms with E-state index in [4.69, 9.17) is 4.74 Å². The second-order valence-electron chi connectivity index (χ2n) is 5.52. The van der Waals surface area contributed by atoms with Gasteiger partial charge in [0.15, 0.2) is 0 Å². The molecule has 0 radical (unpaired) electrons. The highest BCUT2D eigenvalue weighted by atomic mass is 16.5. The highest BCUT2D eigenvalue weighted by Gasteiger charge is 2.37. The molecule has 2 aliphatic heterocycles. The quantitative estimate of drug-likeness (QED) is 0.835. The molecule has 2 bridgehead atoms. The molecule has 19 heavy (non-hydrogen) atoms. The molecule has 3 nitrogen and oxygen atoms in total. The van der Waals surface area contributed by atoms with E-state index >= 15 is 0 Å². The third kappa shape index (κ3) is 2.46. The first kappa shape index (κ1) is 12.5. The van der Waals surface area contributed by atoms with Crippen molar-refractivity contribution < 1.29 is 9.53 Å². The Morgan fingerprint density at radius 3 is 2.68 bits per heavy atom. The van der Waals surface area contributed by atoms with Gasteiger partial charge in [-0.05, 0) is 38.3 Å². The van der Waals surface area contributed by atoms with E-state index in [1.54, 1.807) is 0 Å². The zero-order valence-corrected chi connectivity index (χ0v) is 11.5. The minimum absolute atomic E-state index is 0.400. The summed E-state index contributed by atoms with van der Waals surface area (Å²) in [5.41, 5.74) is 1.22. The average Bonchev–Trinajstić information content (AvgIpc) is 2.38. The summed E-state index contributed by atoms with van der Waals surface area (Å²) in [6, 6.07) is 9.10. The number of piperidine rings is 2. The van der Waals surface area contributed by atoms with Crippen molar-refractivity contribution >= 4 is 11.5 Å². The van der Waals surface area contributed by atoms with Gasteiger partial charge in [0.1, 0.15) is 11.5 Å². The molecular weight excluding hydrogens is 238 g/mol. The number of benzene rings is 1.